The van der Waals surface area contributed by atoms with Crippen molar-refractivity contribution in [2.45, 2.75) is 61.4 Å². The van der Waals surface area contributed by atoms with E-state index in [0.717, 1.165) is 44.9 Å². The van der Waals surface area contributed by atoms with Crippen LogP contribution in [0.1, 0.15) is 51.4 Å². The topological polar surface area (TPSA) is 68.3 Å². The van der Waals surface area contributed by atoms with Gasteiger partial charge in [0.15, 0.2) is 19.7 Å². The van der Waals surface area contributed by atoms with E-state index >= 15 is 0 Å². The molecule has 0 aromatic carbocycles. The Hall–Kier alpha value is 1.82. The maximum Gasteiger partial charge on any atom is 0.163 e. The maximum absolute atomic E-state index is 11.8. The predicted octanol–water partition coefficient (Wildman–Crippen LogP) is 5.17. The molecule has 24 heavy (non-hydrogen) atoms. The van der Waals surface area contributed by atoms with Gasteiger partial charge in [0, 0.05) is 10.2 Å². The molecule has 2 atom stereocenters. The summed E-state index contributed by atoms with van der Waals surface area (Å²) in [6, 6.07) is 0. The number of alkyl halides is 4. The van der Waals surface area contributed by atoms with Crippen LogP contribution in [0, 0.1) is 0 Å². The Kier molecular flexibility index (Phi) is 15.0. The summed E-state index contributed by atoms with van der Waals surface area (Å²) in [6.45, 7) is 0. The zero-order valence-corrected chi connectivity index (χ0v) is 21.6. The van der Waals surface area contributed by atoms with E-state index in [9.17, 15) is 16.8 Å². The van der Waals surface area contributed by atoms with Crippen LogP contribution in [0.4, 0.5) is 0 Å². The van der Waals surface area contributed by atoms with Gasteiger partial charge in [-0.2, -0.15) is 0 Å². The Morgan fingerprint density at radius 3 is 1.67 bits per heavy atom. The van der Waals surface area contributed by atoms with Crippen LogP contribution >= 0.6 is 63.7 Å². The minimum atomic E-state index is -3.03. The lowest BCUT2D eigenvalue weighted by atomic mass is 10.1. The van der Waals surface area contributed by atoms with Gasteiger partial charge in [0.25, 0.3) is 0 Å². The van der Waals surface area contributed by atoms with Crippen LogP contribution < -0.4 is 0 Å². The van der Waals surface area contributed by atoms with Crippen molar-refractivity contribution in [1.29, 1.82) is 0 Å². The van der Waals surface area contributed by atoms with Crippen LogP contribution in [0.3, 0.4) is 0 Å². The quantitative estimate of drug-likeness (QED) is 0.183. The van der Waals surface area contributed by atoms with Crippen molar-refractivity contribution in [1.82, 2.24) is 0 Å². The van der Waals surface area contributed by atoms with E-state index in [0.29, 0.717) is 11.8 Å². The molecule has 0 saturated carbocycles. The van der Waals surface area contributed by atoms with E-state index in [1.807, 2.05) is 0 Å². The molecule has 10 heteroatoms. The summed E-state index contributed by atoms with van der Waals surface area (Å²) in [4.78, 5) is 0.0224. The fourth-order valence-electron chi connectivity index (χ4n) is 2.29. The molecule has 0 amide bonds. The highest BCUT2D eigenvalue weighted by atomic mass is 79.9. The first-order valence-electron chi connectivity index (χ1n) is 7.92. The third kappa shape index (κ3) is 12.3. The van der Waals surface area contributed by atoms with E-state index in [2.05, 4.69) is 63.7 Å². The van der Waals surface area contributed by atoms with Crippen molar-refractivity contribution in [3.63, 3.8) is 0 Å². The molecule has 0 heterocycles. The molecule has 0 saturated heterocycles. The third-order valence-electron chi connectivity index (χ3n) is 3.73. The molecule has 4 nitrogen and oxygen atoms in total. The molecule has 2 unspecified atom stereocenters. The van der Waals surface area contributed by atoms with Crippen LogP contribution in [0.5, 0.6) is 0 Å². The van der Waals surface area contributed by atoms with Crippen molar-refractivity contribution >= 4 is 83.4 Å². The fraction of sp³-hybridized carbons (Fsp3) is 1.00. The molecular formula is C14H26Br4O4S2. The summed E-state index contributed by atoms with van der Waals surface area (Å²) < 4.78 is 46.6. The standard InChI is InChI=1S/C14H26Br4O4S2/c15-9-14(24(21,22)12-17)8-6-4-2-1-3-5-7-13(18)10-23(19,20)11-16/h13-14H,1-12H2. The molecule has 0 aliphatic carbocycles. The minimum absolute atomic E-state index is 0.0162. The Morgan fingerprint density at radius 2 is 1.21 bits per heavy atom. The second kappa shape index (κ2) is 13.9. The monoisotopic (exact) mass is 638 g/mol. The normalized spacial score (nSPS) is 15.3. The first-order chi connectivity index (χ1) is 11.2. The van der Waals surface area contributed by atoms with Gasteiger partial charge < -0.3 is 0 Å². The Morgan fingerprint density at radius 1 is 0.708 bits per heavy atom. The van der Waals surface area contributed by atoms with Crippen LogP contribution in [0.25, 0.3) is 0 Å². The second-order valence-corrected chi connectivity index (χ2v) is 14.8. The van der Waals surface area contributed by atoms with Gasteiger partial charge in [-0.15, -0.1) is 0 Å². The zero-order valence-electron chi connectivity index (χ0n) is 13.6. The first-order valence-corrected chi connectivity index (χ1v) is 15.7. The number of halogens is 4. The molecule has 0 aliphatic rings. The lowest BCUT2D eigenvalue weighted by molar-refractivity contribution is 0.551. The summed E-state index contributed by atoms with van der Waals surface area (Å²) in [7, 11) is -6.01. The molecule has 146 valence electrons. The number of hydrogen-bond donors (Lipinski definition) is 0. The van der Waals surface area contributed by atoms with Gasteiger partial charge in [-0.25, -0.2) is 16.8 Å². The molecule has 0 spiro atoms. The van der Waals surface area contributed by atoms with E-state index in [4.69, 9.17) is 0 Å². The lowest BCUT2D eigenvalue weighted by Crippen LogP contribution is -2.23. The van der Waals surface area contributed by atoms with E-state index < -0.39 is 19.7 Å². The van der Waals surface area contributed by atoms with Crippen LogP contribution in [0.2, 0.25) is 0 Å². The molecule has 0 fully saturated rings. The minimum Gasteiger partial charge on any atom is -0.228 e. The number of hydrogen-bond acceptors (Lipinski definition) is 4. The van der Waals surface area contributed by atoms with E-state index in [-0.39, 0.29) is 25.2 Å². The van der Waals surface area contributed by atoms with Crippen LogP contribution in [-0.4, -0.2) is 47.3 Å². The van der Waals surface area contributed by atoms with Gasteiger partial charge in [-0.1, -0.05) is 102 Å². The van der Waals surface area contributed by atoms with Gasteiger partial charge in [-0.05, 0) is 12.8 Å². The van der Waals surface area contributed by atoms with Crippen molar-refractivity contribution in [3.8, 4) is 0 Å². The summed E-state index contributed by atoms with van der Waals surface area (Å²) in [6.07, 6.45) is 7.82. The second-order valence-electron chi connectivity index (χ2n) is 5.86. The lowest BCUT2D eigenvalue weighted by Gasteiger charge is -2.13. The van der Waals surface area contributed by atoms with Crippen molar-refractivity contribution in [2.75, 3.05) is 20.4 Å². The largest absolute Gasteiger partial charge is 0.228 e. The van der Waals surface area contributed by atoms with Crippen LogP contribution in [0.15, 0.2) is 0 Å². The predicted molar refractivity (Wildman–Crippen MR) is 118 cm³/mol. The SMILES string of the molecule is O=S(=O)(CBr)CC(Br)CCCCCCCCC(CBr)S(=O)(=O)CBr. The summed E-state index contributed by atoms with van der Waals surface area (Å²) in [5, 5.41) is 0.188. The fourth-order valence-corrected chi connectivity index (χ4v) is 8.74. The smallest absolute Gasteiger partial charge is 0.163 e. The van der Waals surface area contributed by atoms with Gasteiger partial charge in [0.2, 0.25) is 0 Å². The number of unbranched alkanes of at least 4 members (excludes halogenated alkanes) is 5. The van der Waals surface area contributed by atoms with Crippen molar-refractivity contribution in [2.24, 2.45) is 0 Å². The first kappa shape index (κ1) is 25.8. The zero-order chi connectivity index (χ0) is 18.6. The van der Waals surface area contributed by atoms with Gasteiger partial charge in [-0.3, -0.25) is 0 Å². The molecular weight excluding hydrogens is 616 g/mol. The summed E-state index contributed by atoms with van der Waals surface area (Å²) >= 11 is 12.8. The van der Waals surface area contributed by atoms with Gasteiger partial charge >= 0.3 is 0 Å². The number of rotatable bonds is 15. The van der Waals surface area contributed by atoms with Crippen molar-refractivity contribution < 1.29 is 16.8 Å². The highest BCUT2D eigenvalue weighted by Gasteiger charge is 2.22. The van der Waals surface area contributed by atoms with Gasteiger partial charge in [0.05, 0.1) is 11.0 Å². The summed E-state index contributed by atoms with van der Waals surface area (Å²) in [5.74, 6) is 0.175. The van der Waals surface area contributed by atoms with Crippen LogP contribution in [-0.2, 0) is 19.7 Å². The molecule has 0 aliphatic heterocycles. The molecule has 0 aromatic heterocycles. The van der Waals surface area contributed by atoms with E-state index in [1.165, 1.54) is 0 Å². The third-order valence-corrected chi connectivity index (χ3v) is 13.1. The average Bonchev–Trinajstić information content (AvgIpc) is 2.52. The number of sulfone groups is 2. The highest BCUT2D eigenvalue weighted by molar-refractivity contribution is 9.11. The Balaban J connectivity index is 3.71. The molecule has 0 rings (SSSR count). The molecule has 0 N–H and O–H groups in total. The Bertz CT molecular complexity index is 523. The van der Waals surface area contributed by atoms with Crippen molar-refractivity contribution in [3.05, 3.63) is 0 Å². The van der Waals surface area contributed by atoms with E-state index in [1.54, 1.807) is 0 Å². The maximum atomic E-state index is 11.8. The molecule has 0 aromatic rings. The molecule has 0 bridgehead atoms. The molecule has 0 radical (unpaired) electrons. The Labute approximate surface area is 180 Å². The summed E-state index contributed by atoms with van der Waals surface area (Å²) in [5.41, 5.74) is 0. The average molecular weight is 642 g/mol. The highest BCUT2D eigenvalue weighted by Crippen LogP contribution is 2.19. The van der Waals surface area contributed by atoms with Gasteiger partial charge in [0.1, 0.15) is 9.32 Å².